The van der Waals surface area contributed by atoms with Crippen molar-refractivity contribution in [1.29, 1.82) is 0 Å². The molecule has 0 N–H and O–H groups in total. The molecule has 3 aromatic rings. The van der Waals surface area contributed by atoms with E-state index in [0.717, 1.165) is 11.5 Å². The van der Waals surface area contributed by atoms with E-state index in [-0.39, 0.29) is 5.92 Å². The molecule has 1 atom stereocenters. The monoisotopic (exact) mass is 272 g/mol. The largest absolute Gasteiger partial charge is 0.461 e. The highest BCUT2D eigenvalue weighted by atomic mass is 16.5. The summed E-state index contributed by atoms with van der Waals surface area (Å²) in [4.78, 5) is 0. The molecule has 4 rings (SSSR count). The van der Waals surface area contributed by atoms with Crippen LogP contribution >= 0.6 is 0 Å². The average Bonchev–Trinajstić information content (AvgIpc) is 2.85. The molecule has 1 unspecified atom stereocenters. The summed E-state index contributed by atoms with van der Waals surface area (Å²) in [7, 11) is 0. The third kappa shape index (κ3) is 1.85. The molecule has 1 heterocycles. The maximum atomic E-state index is 5.92. The number of benzene rings is 3. The maximum absolute atomic E-state index is 5.92. The highest BCUT2D eigenvalue weighted by Gasteiger charge is 2.31. The van der Waals surface area contributed by atoms with Gasteiger partial charge in [-0.15, -0.1) is 0 Å². The quantitative estimate of drug-likeness (QED) is 0.592. The molecule has 21 heavy (non-hydrogen) atoms. The summed E-state index contributed by atoms with van der Waals surface area (Å²) in [6.45, 7) is 6.24. The molecule has 0 saturated carbocycles. The van der Waals surface area contributed by atoms with Crippen LogP contribution in [-0.2, 0) is 0 Å². The zero-order valence-electron chi connectivity index (χ0n) is 12.0. The van der Waals surface area contributed by atoms with E-state index >= 15 is 0 Å². The van der Waals surface area contributed by atoms with Gasteiger partial charge in [0.2, 0.25) is 0 Å². The van der Waals surface area contributed by atoms with Crippen molar-refractivity contribution in [3.63, 3.8) is 0 Å². The van der Waals surface area contributed by atoms with Crippen molar-refractivity contribution in [1.82, 2.24) is 0 Å². The Labute approximate surface area is 124 Å². The highest BCUT2D eigenvalue weighted by Crippen LogP contribution is 2.47. The second kappa shape index (κ2) is 4.49. The summed E-state index contributed by atoms with van der Waals surface area (Å²) in [6, 6.07) is 21.3. The minimum absolute atomic E-state index is 0.117. The summed E-state index contributed by atoms with van der Waals surface area (Å²) >= 11 is 0. The molecule has 0 fully saturated rings. The minimum Gasteiger partial charge on any atom is -0.461 e. The van der Waals surface area contributed by atoms with Crippen molar-refractivity contribution in [2.24, 2.45) is 0 Å². The molecule has 0 aromatic heterocycles. The Balaban J connectivity index is 1.98. The lowest BCUT2D eigenvalue weighted by Crippen LogP contribution is -2.00. The molecule has 0 bridgehead atoms. The lowest BCUT2D eigenvalue weighted by Gasteiger charge is -2.13. The van der Waals surface area contributed by atoms with E-state index in [1.807, 2.05) is 0 Å². The number of fused-ring (bicyclic) bond motifs is 3. The molecule has 1 heteroatoms. The van der Waals surface area contributed by atoms with Crippen LogP contribution < -0.4 is 4.74 Å². The summed E-state index contributed by atoms with van der Waals surface area (Å²) in [6.07, 6.45) is 0. The van der Waals surface area contributed by atoms with E-state index in [4.69, 9.17) is 4.74 Å². The predicted octanol–water partition coefficient (Wildman–Crippen LogP) is 5.19. The van der Waals surface area contributed by atoms with Gasteiger partial charge in [-0.1, -0.05) is 66.7 Å². The Kier molecular flexibility index (Phi) is 2.61. The molecule has 102 valence electrons. The van der Waals surface area contributed by atoms with Crippen LogP contribution in [0.4, 0.5) is 0 Å². The molecular formula is C20H16O. The van der Waals surface area contributed by atoms with Crippen molar-refractivity contribution in [2.45, 2.75) is 12.8 Å². The van der Waals surface area contributed by atoms with Crippen molar-refractivity contribution in [2.75, 3.05) is 0 Å². The number of allylic oxidation sites excluding steroid dienone is 1. The molecule has 1 aliphatic rings. The predicted molar refractivity (Wildman–Crippen MR) is 86.7 cm³/mol. The molecule has 1 nitrogen and oxygen atoms in total. The molecule has 0 amide bonds. The normalized spacial score (nSPS) is 16.8. The van der Waals surface area contributed by atoms with Crippen LogP contribution in [0.3, 0.4) is 0 Å². The third-order valence-corrected chi connectivity index (χ3v) is 4.19. The Hall–Kier alpha value is -2.54. The Morgan fingerprint density at radius 1 is 0.905 bits per heavy atom. The fraction of sp³-hybridized carbons (Fsp3) is 0.100. The summed E-state index contributed by atoms with van der Waals surface area (Å²) in [5.41, 5.74) is 3.74. The summed E-state index contributed by atoms with van der Waals surface area (Å²) in [5, 5.41) is 2.49. The number of aryl methyl sites for hydroxylation is 1. The van der Waals surface area contributed by atoms with Gasteiger partial charge in [0.25, 0.3) is 0 Å². The Bertz CT molecular complexity index is 843. The van der Waals surface area contributed by atoms with E-state index in [0.29, 0.717) is 0 Å². The van der Waals surface area contributed by atoms with Gasteiger partial charge in [0.1, 0.15) is 11.5 Å². The van der Waals surface area contributed by atoms with Crippen molar-refractivity contribution in [3.05, 3.63) is 89.7 Å². The molecule has 0 radical (unpaired) electrons. The molecule has 0 spiro atoms. The van der Waals surface area contributed by atoms with Gasteiger partial charge in [0.15, 0.2) is 0 Å². The maximum Gasteiger partial charge on any atom is 0.131 e. The highest BCUT2D eigenvalue weighted by molar-refractivity contribution is 5.90. The molecule has 0 saturated heterocycles. The van der Waals surface area contributed by atoms with E-state index in [9.17, 15) is 0 Å². The van der Waals surface area contributed by atoms with E-state index < -0.39 is 0 Å². The zero-order chi connectivity index (χ0) is 14.4. The van der Waals surface area contributed by atoms with Gasteiger partial charge in [0.05, 0.1) is 5.92 Å². The standard InChI is InChI=1S/C20H16O/c1-13-7-9-16(10-8-13)19-14(2)21-18-12-11-15-5-3-4-6-17(15)20(18)19/h3-12,19H,2H2,1H3. The van der Waals surface area contributed by atoms with Crippen molar-refractivity contribution >= 4 is 10.8 Å². The fourth-order valence-corrected chi connectivity index (χ4v) is 3.13. The average molecular weight is 272 g/mol. The van der Waals surface area contributed by atoms with E-state index in [2.05, 4.69) is 74.2 Å². The minimum atomic E-state index is 0.117. The van der Waals surface area contributed by atoms with Crippen LogP contribution in [0.1, 0.15) is 22.6 Å². The van der Waals surface area contributed by atoms with Crippen LogP contribution in [-0.4, -0.2) is 0 Å². The van der Waals surface area contributed by atoms with Crippen LogP contribution in [0.2, 0.25) is 0 Å². The van der Waals surface area contributed by atoms with Crippen molar-refractivity contribution in [3.8, 4) is 5.75 Å². The number of ether oxygens (including phenoxy) is 1. The second-order valence-electron chi connectivity index (χ2n) is 5.61. The van der Waals surface area contributed by atoms with Crippen molar-refractivity contribution < 1.29 is 4.74 Å². The zero-order valence-corrected chi connectivity index (χ0v) is 12.0. The molecule has 1 aliphatic heterocycles. The third-order valence-electron chi connectivity index (χ3n) is 4.19. The Morgan fingerprint density at radius 2 is 1.67 bits per heavy atom. The first-order valence-electron chi connectivity index (χ1n) is 7.19. The van der Waals surface area contributed by atoms with Gasteiger partial charge in [-0.3, -0.25) is 0 Å². The number of hydrogen-bond donors (Lipinski definition) is 0. The van der Waals surface area contributed by atoms with Gasteiger partial charge in [0, 0.05) is 5.56 Å². The second-order valence-corrected chi connectivity index (χ2v) is 5.61. The molecular weight excluding hydrogens is 256 g/mol. The first kappa shape index (κ1) is 12.2. The van der Waals surface area contributed by atoms with Gasteiger partial charge >= 0.3 is 0 Å². The molecule has 0 aliphatic carbocycles. The lowest BCUT2D eigenvalue weighted by molar-refractivity contribution is 0.439. The molecule has 3 aromatic carbocycles. The lowest BCUT2D eigenvalue weighted by atomic mass is 9.87. The van der Waals surface area contributed by atoms with Gasteiger partial charge in [-0.25, -0.2) is 0 Å². The first-order valence-corrected chi connectivity index (χ1v) is 7.19. The summed E-state index contributed by atoms with van der Waals surface area (Å²) < 4.78 is 5.92. The number of hydrogen-bond acceptors (Lipinski definition) is 1. The summed E-state index contributed by atoms with van der Waals surface area (Å²) in [5.74, 6) is 1.86. The van der Waals surface area contributed by atoms with E-state index in [1.54, 1.807) is 0 Å². The van der Waals surface area contributed by atoms with E-state index in [1.165, 1.54) is 27.5 Å². The van der Waals surface area contributed by atoms with Crippen LogP contribution in [0.5, 0.6) is 5.75 Å². The van der Waals surface area contributed by atoms with Crippen LogP contribution in [0.15, 0.2) is 73.0 Å². The van der Waals surface area contributed by atoms with Gasteiger partial charge in [-0.05, 0) is 29.3 Å². The number of rotatable bonds is 1. The topological polar surface area (TPSA) is 9.23 Å². The van der Waals surface area contributed by atoms with Gasteiger partial charge in [-0.2, -0.15) is 0 Å². The fourth-order valence-electron chi connectivity index (χ4n) is 3.13. The SMILES string of the molecule is C=C1Oc2ccc3ccccc3c2C1c1ccc(C)cc1. The Morgan fingerprint density at radius 3 is 2.48 bits per heavy atom. The van der Waals surface area contributed by atoms with Crippen LogP contribution in [0, 0.1) is 6.92 Å². The smallest absolute Gasteiger partial charge is 0.131 e. The van der Waals surface area contributed by atoms with Gasteiger partial charge < -0.3 is 4.74 Å². The first-order chi connectivity index (χ1) is 10.2. The van der Waals surface area contributed by atoms with Crippen LogP contribution in [0.25, 0.3) is 10.8 Å².